The molecule has 1 heterocycles. The second-order valence-corrected chi connectivity index (χ2v) is 4.20. The van der Waals surface area contributed by atoms with Crippen molar-refractivity contribution in [1.29, 1.82) is 0 Å². The van der Waals surface area contributed by atoms with Crippen LogP contribution in [0.1, 0.15) is 13.8 Å². The average Bonchev–Trinajstić information content (AvgIpc) is 2.79. The molecule has 0 saturated heterocycles. The van der Waals surface area contributed by atoms with E-state index in [9.17, 15) is 14.4 Å². The quantitative estimate of drug-likeness (QED) is 0.715. The molecule has 1 aromatic rings. The molecule has 0 bridgehead atoms. The molecule has 0 aliphatic rings. The van der Waals surface area contributed by atoms with Gasteiger partial charge in [0.2, 0.25) is 0 Å². The fraction of sp³-hybridized carbons (Fsp3) is 0.200. The zero-order valence-electron chi connectivity index (χ0n) is 9.68. The van der Waals surface area contributed by atoms with Crippen LogP contribution in [0.4, 0.5) is 9.93 Å². The van der Waals surface area contributed by atoms with E-state index in [4.69, 9.17) is 5.11 Å². The number of aliphatic carboxylic acids is 1. The van der Waals surface area contributed by atoms with Crippen molar-refractivity contribution in [3.8, 4) is 0 Å². The van der Waals surface area contributed by atoms with Crippen molar-refractivity contribution >= 4 is 34.4 Å². The number of urea groups is 1. The van der Waals surface area contributed by atoms with Crippen molar-refractivity contribution in [2.45, 2.75) is 13.8 Å². The summed E-state index contributed by atoms with van der Waals surface area (Å²) >= 11 is 1.20. The van der Waals surface area contributed by atoms with E-state index in [1.165, 1.54) is 31.4 Å². The number of thiazole rings is 1. The first kappa shape index (κ1) is 13.8. The Kier molecular flexibility index (Phi) is 4.55. The molecule has 8 heteroatoms. The lowest BCUT2D eigenvalue weighted by atomic mass is 10.1. The van der Waals surface area contributed by atoms with E-state index in [0.717, 1.165) is 0 Å². The molecule has 7 nitrogen and oxygen atoms in total. The van der Waals surface area contributed by atoms with Gasteiger partial charge in [-0.1, -0.05) is 0 Å². The molecule has 0 radical (unpaired) electrons. The molecule has 0 unspecified atom stereocenters. The van der Waals surface area contributed by atoms with Gasteiger partial charge in [-0.3, -0.25) is 15.4 Å². The van der Waals surface area contributed by atoms with E-state index in [1.54, 1.807) is 5.38 Å². The topological polar surface area (TPSA) is 108 Å². The van der Waals surface area contributed by atoms with Crippen molar-refractivity contribution < 1.29 is 19.5 Å². The Morgan fingerprint density at radius 1 is 1.28 bits per heavy atom. The van der Waals surface area contributed by atoms with Crippen LogP contribution in [0.3, 0.4) is 0 Å². The highest BCUT2D eigenvalue weighted by Gasteiger charge is 2.15. The van der Waals surface area contributed by atoms with E-state index >= 15 is 0 Å². The first-order valence-electron chi connectivity index (χ1n) is 4.84. The summed E-state index contributed by atoms with van der Waals surface area (Å²) in [5.41, 5.74) is -0.147. The number of carbonyl (C=O) groups excluding carboxylic acids is 2. The highest BCUT2D eigenvalue weighted by molar-refractivity contribution is 7.13. The molecule has 1 rings (SSSR count). The predicted molar refractivity (Wildman–Crippen MR) is 65.3 cm³/mol. The summed E-state index contributed by atoms with van der Waals surface area (Å²) < 4.78 is 0. The van der Waals surface area contributed by atoms with Gasteiger partial charge in [-0.25, -0.2) is 14.6 Å². The Morgan fingerprint density at radius 3 is 2.44 bits per heavy atom. The normalized spacial score (nSPS) is 11.4. The van der Waals surface area contributed by atoms with Gasteiger partial charge < -0.3 is 5.11 Å². The van der Waals surface area contributed by atoms with Gasteiger partial charge in [0.05, 0.1) is 0 Å². The molecule has 0 fully saturated rings. The Labute approximate surface area is 107 Å². The molecule has 3 amide bonds. The van der Waals surface area contributed by atoms with Crippen molar-refractivity contribution in [1.82, 2.24) is 10.3 Å². The Balaban J connectivity index is 2.63. The number of hydrogen-bond donors (Lipinski definition) is 3. The number of nitrogens with one attached hydrogen (secondary N) is 2. The second-order valence-electron chi connectivity index (χ2n) is 3.30. The zero-order valence-corrected chi connectivity index (χ0v) is 10.5. The number of rotatable bonds is 3. The van der Waals surface area contributed by atoms with Crippen LogP contribution in [-0.2, 0) is 9.59 Å². The molecule has 0 saturated carbocycles. The SMILES string of the molecule is CC(C(=O)O)=C(C)C(=O)NC(=O)Nc1nccs1. The number of hydrogen-bond acceptors (Lipinski definition) is 5. The molecular formula is C10H11N3O4S. The number of amides is 3. The summed E-state index contributed by atoms with van der Waals surface area (Å²) in [5, 5.41) is 15.1. The molecular weight excluding hydrogens is 258 g/mol. The molecule has 0 aliphatic carbocycles. The van der Waals surface area contributed by atoms with E-state index in [-0.39, 0.29) is 11.1 Å². The number of nitrogens with zero attached hydrogens (tertiary/aromatic N) is 1. The smallest absolute Gasteiger partial charge is 0.331 e. The van der Waals surface area contributed by atoms with E-state index in [2.05, 4.69) is 10.3 Å². The molecule has 3 N–H and O–H groups in total. The van der Waals surface area contributed by atoms with E-state index in [0.29, 0.717) is 5.13 Å². The van der Waals surface area contributed by atoms with Gasteiger partial charge in [-0.15, -0.1) is 11.3 Å². The number of carboxylic acids is 1. The molecule has 0 atom stereocenters. The number of aromatic nitrogens is 1. The minimum Gasteiger partial charge on any atom is -0.478 e. The van der Waals surface area contributed by atoms with Crippen molar-refractivity contribution in [3.63, 3.8) is 0 Å². The number of imide groups is 1. The summed E-state index contributed by atoms with van der Waals surface area (Å²) in [5.74, 6) is -1.97. The van der Waals surface area contributed by atoms with Crippen LogP contribution >= 0.6 is 11.3 Å². The molecule has 0 spiro atoms. The first-order valence-corrected chi connectivity index (χ1v) is 5.72. The third kappa shape index (κ3) is 3.67. The lowest BCUT2D eigenvalue weighted by Crippen LogP contribution is -2.35. The van der Waals surface area contributed by atoms with E-state index in [1.807, 2.05) is 5.32 Å². The van der Waals surface area contributed by atoms with Crippen LogP contribution in [0.15, 0.2) is 22.7 Å². The van der Waals surface area contributed by atoms with Crippen LogP contribution in [-0.4, -0.2) is 28.0 Å². The maximum Gasteiger partial charge on any atom is 0.331 e. The highest BCUT2D eigenvalue weighted by atomic mass is 32.1. The standard InChI is InChI=1S/C10H11N3O4S/c1-5(6(2)8(15)16)7(14)12-9(17)13-10-11-3-4-18-10/h3-4H,1-2H3,(H,15,16)(H2,11,12,13,14,17). The summed E-state index contributed by atoms with van der Waals surface area (Å²) in [6, 6.07) is -0.757. The van der Waals surface area contributed by atoms with Gasteiger partial charge in [0, 0.05) is 22.7 Å². The number of anilines is 1. The van der Waals surface area contributed by atoms with Crippen LogP contribution < -0.4 is 10.6 Å². The first-order chi connectivity index (χ1) is 8.41. The number of carboxylic acid groups (broad SMARTS) is 1. The van der Waals surface area contributed by atoms with Gasteiger partial charge in [-0.2, -0.15) is 0 Å². The maximum absolute atomic E-state index is 11.5. The zero-order chi connectivity index (χ0) is 13.7. The van der Waals surface area contributed by atoms with Crippen LogP contribution in [0.25, 0.3) is 0 Å². The summed E-state index contributed by atoms with van der Waals surface area (Å²) in [6.45, 7) is 2.62. The summed E-state index contributed by atoms with van der Waals surface area (Å²) in [7, 11) is 0. The van der Waals surface area contributed by atoms with Crippen LogP contribution in [0.2, 0.25) is 0 Å². The third-order valence-electron chi connectivity index (χ3n) is 2.10. The number of carbonyl (C=O) groups is 3. The monoisotopic (exact) mass is 269 g/mol. The van der Waals surface area contributed by atoms with Gasteiger partial charge in [0.15, 0.2) is 5.13 Å². The summed E-state index contributed by atoms with van der Waals surface area (Å²) in [6.07, 6.45) is 1.50. The van der Waals surface area contributed by atoms with Gasteiger partial charge in [0.1, 0.15) is 0 Å². The van der Waals surface area contributed by atoms with Crippen molar-refractivity contribution in [2.75, 3.05) is 5.32 Å². The average molecular weight is 269 g/mol. The van der Waals surface area contributed by atoms with Crippen molar-refractivity contribution in [3.05, 3.63) is 22.7 Å². The van der Waals surface area contributed by atoms with Gasteiger partial charge in [-0.05, 0) is 13.8 Å². The highest BCUT2D eigenvalue weighted by Crippen LogP contribution is 2.10. The largest absolute Gasteiger partial charge is 0.478 e. The third-order valence-corrected chi connectivity index (χ3v) is 2.79. The molecule has 0 aromatic carbocycles. The predicted octanol–water partition coefficient (Wildman–Crippen LogP) is 1.21. The van der Waals surface area contributed by atoms with Crippen LogP contribution in [0.5, 0.6) is 0 Å². The van der Waals surface area contributed by atoms with Crippen LogP contribution in [0, 0.1) is 0 Å². The van der Waals surface area contributed by atoms with E-state index < -0.39 is 17.9 Å². The molecule has 96 valence electrons. The lowest BCUT2D eigenvalue weighted by molar-refractivity contribution is -0.133. The fourth-order valence-corrected chi connectivity index (χ4v) is 1.47. The minimum atomic E-state index is -1.21. The molecule has 18 heavy (non-hydrogen) atoms. The maximum atomic E-state index is 11.5. The molecule has 1 aromatic heterocycles. The second kappa shape index (κ2) is 5.92. The lowest BCUT2D eigenvalue weighted by Gasteiger charge is -2.05. The molecule has 0 aliphatic heterocycles. The fourth-order valence-electron chi connectivity index (χ4n) is 0.941. The van der Waals surface area contributed by atoms with Gasteiger partial charge >= 0.3 is 12.0 Å². The van der Waals surface area contributed by atoms with Gasteiger partial charge in [0.25, 0.3) is 5.91 Å². The minimum absolute atomic E-state index is 0.0308. The Morgan fingerprint density at radius 2 is 1.94 bits per heavy atom. The Bertz CT molecular complexity index is 507. The summed E-state index contributed by atoms with van der Waals surface area (Å²) in [4.78, 5) is 37.3. The Hall–Kier alpha value is -2.22. The van der Waals surface area contributed by atoms with Crippen molar-refractivity contribution in [2.24, 2.45) is 0 Å².